The summed E-state index contributed by atoms with van der Waals surface area (Å²) in [4.78, 5) is 26.2. The molecule has 2 aliphatic rings. The average molecular weight is 316 g/mol. The summed E-state index contributed by atoms with van der Waals surface area (Å²) >= 11 is 0. The average Bonchev–Trinajstić information content (AvgIpc) is 3.25. The third kappa shape index (κ3) is 3.75. The second kappa shape index (κ2) is 5.94. The van der Waals surface area contributed by atoms with Crippen molar-refractivity contribution in [2.45, 2.75) is 45.1 Å². The molecule has 1 saturated heterocycles. The maximum atomic E-state index is 12.7. The lowest BCUT2D eigenvalue weighted by atomic mass is 9.94. The van der Waals surface area contributed by atoms with Gasteiger partial charge in [-0.1, -0.05) is 6.92 Å². The van der Waals surface area contributed by atoms with Gasteiger partial charge in [0.25, 0.3) is 0 Å². The van der Waals surface area contributed by atoms with Crippen molar-refractivity contribution in [1.82, 2.24) is 10.2 Å². The Morgan fingerprint density at radius 3 is 2.57 bits per heavy atom. The van der Waals surface area contributed by atoms with Crippen molar-refractivity contribution in [3.8, 4) is 0 Å². The van der Waals surface area contributed by atoms with Crippen LogP contribution in [-0.2, 0) is 19.4 Å². The Hall–Kier alpha value is -1.11. The molecule has 0 aromatic rings. The number of carbonyl (C=O) groups is 2. The molecule has 1 atom stereocenters. The fourth-order valence-electron chi connectivity index (χ4n) is 2.84. The molecule has 1 heterocycles. The van der Waals surface area contributed by atoms with Gasteiger partial charge in [-0.15, -0.1) is 0 Å². The fourth-order valence-corrected chi connectivity index (χ4v) is 3.70. The van der Waals surface area contributed by atoms with E-state index in [2.05, 4.69) is 5.32 Å². The molecular formula is C14H24N2O4S. The van der Waals surface area contributed by atoms with E-state index in [9.17, 15) is 18.0 Å². The first-order valence-electron chi connectivity index (χ1n) is 7.59. The molecule has 2 fully saturated rings. The van der Waals surface area contributed by atoms with Crippen molar-refractivity contribution in [2.75, 3.05) is 24.6 Å². The highest BCUT2D eigenvalue weighted by atomic mass is 32.2. The van der Waals surface area contributed by atoms with Crippen LogP contribution in [0.1, 0.15) is 39.5 Å². The minimum Gasteiger partial charge on any atom is -0.342 e. The summed E-state index contributed by atoms with van der Waals surface area (Å²) in [6, 6.07) is 0. The molecule has 0 aromatic carbocycles. The van der Waals surface area contributed by atoms with Crippen LogP contribution >= 0.6 is 0 Å². The van der Waals surface area contributed by atoms with Gasteiger partial charge in [-0.2, -0.15) is 0 Å². The van der Waals surface area contributed by atoms with Gasteiger partial charge in [0.2, 0.25) is 11.8 Å². The van der Waals surface area contributed by atoms with E-state index in [1.54, 1.807) is 18.7 Å². The van der Waals surface area contributed by atoms with Gasteiger partial charge in [0, 0.05) is 25.3 Å². The third-order valence-electron chi connectivity index (χ3n) is 4.46. The summed E-state index contributed by atoms with van der Waals surface area (Å²) in [6.07, 6.45) is 2.63. The number of amides is 2. The summed E-state index contributed by atoms with van der Waals surface area (Å²) in [5.74, 6) is 0.273. The zero-order chi connectivity index (χ0) is 15.7. The van der Waals surface area contributed by atoms with Crippen LogP contribution in [0.5, 0.6) is 0 Å². The highest BCUT2D eigenvalue weighted by Gasteiger charge is 2.50. The summed E-state index contributed by atoms with van der Waals surface area (Å²) in [5, 5.41) is 2.87. The predicted octanol–water partition coefficient (Wildman–Crippen LogP) is 0.328. The Kier molecular flexibility index (Phi) is 4.60. The summed E-state index contributed by atoms with van der Waals surface area (Å²) in [7, 11) is -3.01. The lowest BCUT2D eigenvalue weighted by molar-refractivity contribution is -0.139. The molecule has 0 aromatic heterocycles. The number of rotatable bonds is 6. The lowest BCUT2D eigenvalue weighted by Crippen LogP contribution is -2.56. The van der Waals surface area contributed by atoms with Gasteiger partial charge >= 0.3 is 0 Å². The first kappa shape index (κ1) is 16.3. The van der Waals surface area contributed by atoms with Gasteiger partial charge in [0.1, 0.15) is 15.4 Å². The van der Waals surface area contributed by atoms with Crippen molar-refractivity contribution in [3.63, 3.8) is 0 Å². The molecular weight excluding hydrogens is 292 g/mol. The molecule has 0 bridgehead atoms. The quantitative estimate of drug-likeness (QED) is 0.765. The van der Waals surface area contributed by atoms with Gasteiger partial charge in [-0.25, -0.2) is 8.42 Å². The number of hydrogen-bond donors (Lipinski definition) is 1. The van der Waals surface area contributed by atoms with E-state index in [4.69, 9.17) is 0 Å². The summed E-state index contributed by atoms with van der Waals surface area (Å²) in [6.45, 7) is 4.19. The van der Waals surface area contributed by atoms with Gasteiger partial charge in [-0.05, 0) is 32.1 Å². The maximum absolute atomic E-state index is 12.7. The van der Waals surface area contributed by atoms with Gasteiger partial charge < -0.3 is 10.2 Å². The Bertz CT molecular complexity index is 527. The number of nitrogens with one attached hydrogen (secondary N) is 1. The van der Waals surface area contributed by atoms with Crippen molar-refractivity contribution in [1.29, 1.82) is 0 Å². The van der Waals surface area contributed by atoms with Crippen molar-refractivity contribution < 1.29 is 18.0 Å². The number of hydrogen-bond acceptors (Lipinski definition) is 4. The van der Waals surface area contributed by atoms with Crippen LogP contribution in [0.2, 0.25) is 0 Å². The second-order valence-corrected chi connectivity index (χ2v) is 8.63. The van der Waals surface area contributed by atoms with Crippen LogP contribution in [0.25, 0.3) is 0 Å². The topological polar surface area (TPSA) is 83.6 Å². The van der Waals surface area contributed by atoms with Crippen LogP contribution in [0.4, 0.5) is 0 Å². The third-order valence-corrected chi connectivity index (χ3v) is 6.25. The maximum Gasteiger partial charge on any atom is 0.248 e. The Balaban J connectivity index is 2.01. The molecule has 1 saturated carbocycles. The van der Waals surface area contributed by atoms with Crippen LogP contribution in [0, 0.1) is 5.92 Å². The molecule has 7 heteroatoms. The molecule has 6 nitrogen and oxygen atoms in total. The second-order valence-electron chi connectivity index (χ2n) is 6.16. The summed E-state index contributed by atoms with van der Waals surface area (Å²) < 4.78 is 23.0. The molecule has 1 N–H and O–H groups in total. The van der Waals surface area contributed by atoms with E-state index >= 15 is 0 Å². The number of sulfone groups is 1. The van der Waals surface area contributed by atoms with Crippen molar-refractivity contribution in [3.05, 3.63) is 0 Å². The molecule has 1 aliphatic carbocycles. The smallest absolute Gasteiger partial charge is 0.248 e. The normalized spacial score (nSPS) is 27.4. The van der Waals surface area contributed by atoms with Crippen LogP contribution in [0.3, 0.4) is 0 Å². The van der Waals surface area contributed by atoms with E-state index in [0.717, 1.165) is 12.8 Å². The molecule has 2 amide bonds. The number of nitrogens with zero attached hydrogens (tertiary/aromatic N) is 1. The van der Waals surface area contributed by atoms with Crippen molar-refractivity contribution in [2.24, 2.45) is 5.92 Å². The minimum absolute atomic E-state index is 0.0650. The largest absolute Gasteiger partial charge is 0.342 e. The molecule has 120 valence electrons. The van der Waals surface area contributed by atoms with Crippen LogP contribution in [-0.4, -0.2) is 55.3 Å². The Morgan fingerprint density at radius 1 is 1.33 bits per heavy atom. The molecule has 0 radical (unpaired) electrons. The first-order valence-corrected chi connectivity index (χ1v) is 9.41. The monoisotopic (exact) mass is 316 g/mol. The van der Waals surface area contributed by atoms with E-state index < -0.39 is 15.4 Å². The highest BCUT2D eigenvalue weighted by molar-refractivity contribution is 7.91. The lowest BCUT2D eigenvalue weighted by Gasteiger charge is -2.32. The van der Waals surface area contributed by atoms with Gasteiger partial charge in [0.15, 0.2) is 0 Å². The SMILES string of the molecule is CCS(=O)(=O)CCCN1CCC(=O)NC(C)(C2CC2)C1=O. The Morgan fingerprint density at radius 2 is 2.00 bits per heavy atom. The molecule has 21 heavy (non-hydrogen) atoms. The molecule has 2 rings (SSSR count). The first-order chi connectivity index (χ1) is 9.78. The zero-order valence-electron chi connectivity index (χ0n) is 12.7. The van der Waals surface area contributed by atoms with Gasteiger partial charge in [-0.3, -0.25) is 9.59 Å². The molecule has 0 spiro atoms. The molecule has 1 unspecified atom stereocenters. The van der Waals surface area contributed by atoms with E-state index in [0.29, 0.717) is 19.5 Å². The fraction of sp³-hybridized carbons (Fsp3) is 0.857. The zero-order valence-corrected chi connectivity index (χ0v) is 13.5. The summed E-state index contributed by atoms with van der Waals surface area (Å²) in [5.41, 5.74) is -0.808. The van der Waals surface area contributed by atoms with Crippen LogP contribution < -0.4 is 5.32 Å². The van der Waals surface area contributed by atoms with E-state index in [1.165, 1.54) is 0 Å². The predicted molar refractivity (Wildman–Crippen MR) is 79.4 cm³/mol. The van der Waals surface area contributed by atoms with Crippen LogP contribution in [0.15, 0.2) is 0 Å². The highest BCUT2D eigenvalue weighted by Crippen LogP contribution is 2.41. The Labute approximate surface area is 126 Å². The standard InChI is InChI=1S/C14H24N2O4S/c1-3-21(19,20)10-4-8-16-9-7-12(17)15-14(2,13(16)18)11-5-6-11/h11H,3-10H2,1-2H3,(H,15,17). The molecule has 1 aliphatic heterocycles. The van der Waals surface area contributed by atoms with Gasteiger partial charge in [0.05, 0.1) is 5.75 Å². The van der Waals surface area contributed by atoms with Crippen molar-refractivity contribution >= 4 is 21.7 Å². The number of carbonyl (C=O) groups excluding carboxylic acids is 2. The minimum atomic E-state index is -3.01. The van der Waals surface area contributed by atoms with E-state index in [-0.39, 0.29) is 35.7 Å². The van der Waals surface area contributed by atoms with E-state index in [1.807, 2.05) is 0 Å².